The van der Waals surface area contributed by atoms with Gasteiger partial charge in [-0.15, -0.1) is 0 Å². The summed E-state index contributed by atoms with van der Waals surface area (Å²) >= 11 is 0. The molecule has 0 unspecified atom stereocenters. The number of hydrogen-bond donors (Lipinski definition) is 8. The molecule has 0 saturated heterocycles. The highest BCUT2D eigenvalue weighted by molar-refractivity contribution is 7.90. The second-order valence-electron chi connectivity index (χ2n) is 19.0. The lowest BCUT2D eigenvalue weighted by molar-refractivity contribution is -0.437. The molecule has 0 aromatic heterocycles. The van der Waals surface area contributed by atoms with E-state index in [9.17, 15) is 91.6 Å². The molecule has 0 bridgehead atoms. The molecular weight excluding hydrogens is 1140 g/mol. The number of rotatable bonds is 24. The van der Waals surface area contributed by atoms with Gasteiger partial charge in [-0.25, -0.2) is 26.3 Å². The number of carbonyl (C=O) groups is 1. The van der Waals surface area contributed by atoms with Crippen molar-refractivity contribution in [2.75, 3.05) is 48.3 Å². The summed E-state index contributed by atoms with van der Waals surface area (Å²) in [5.41, 5.74) is -0.166. The van der Waals surface area contributed by atoms with Crippen LogP contribution in [0.25, 0.3) is 21.5 Å². The van der Waals surface area contributed by atoms with Gasteiger partial charge >= 0.3 is 5.97 Å². The molecule has 4 aromatic rings. The lowest BCUT2D eigenvalue weighted by Crippen LogP contribution is -2.30. The molecule has 0 spiro atoms. The summed E-state index contributed by atoms with van der Waals surface area (Å²) in [7, 11) is -33.6. The molecule has 8 N–H and O–H groups in total. The van der Waals surface area contributed by atoms with Gasteiger partial charge in [0, 0.05) is 77.8 Å². The molecule has 0 atom stereocenters. The maximum absolute atomic E-state index is 13.6. The number of fused-ring (bicyclic) bond motifs is 6. The van der Waals surface area contributed by atoms with E-state index in [4.69, 9.17) is 0 Å². The van der Waals surface area contributed by atoms with Crippen molar-refractivity contribution >= 4 is 115 Å². The summed E-state index contributed by atoms with van der Waals surface area (Å²) in [4.78, 5) is 10.1. The van der Waals surface area contributed by atoms with Gasteiger partial charge in [0.15, 0.2) is 5.71 Å². The van der Waals surface area contributed by atoms with Crippen molar-refractivity contribution in [2.24, 2.45) is 0 Å². The fourth-order valence-electron chi connectivity index (χ4n) is 9.63. The van der Waals surface area contributed by atoms with Gasteiger partial charge in [0.1, 0.15) is 16.3 Å². The standard InChI is InChI=1S/C44H54N4O21S7/c1-43(2)38(47(19-7-5-6-12-40(49)50)34-15-13-30-32(41(34)43)24-28(26-36(30)75(64,65)66)73(60,61)45-17-22-71(54,55)56)10-8-11-39-44(3,4)42-33-25-29(74(62,63)46-18-23-72(57,58)59)27-37(76(67,68)69)31(33)14-16-35(42)48(39)20-9-21-70(51,52)53/h8,10-11,13-16,24-27,45-46H,5-7,9,12,17-23H2,1-4H3,(H5-,49,50,51,52,53,54,55,56,57,58,59,64,65,66,67,68,69)/p+1. The summed E-state index contributed by atoms with van der Waals surface area (Å²) in [6, 6.07) is 9.27. The molecule has 2 aliphatic heterocycles. The van der Waals surface area contributed by atoms with Crippen LogP contribution in [-0.2, 0) is 86.3 Å². The number of hydrogen-bond acceptors (Lipinski definition) is 16. The Balaban J connectivity index is 1.56. The van der Waals surface area contributed by atoms with Gasteiger partial charge in [-0.2, -0.15) is 46.7 Å². The van der Waals surface area contributed by atoms with Crippen molar-refractivity contribution in [3.63, 3.8) is 0 Å². The molecule has 4 aromatic carbocycles. The Hall–Kier alpha value is -4.81. The Morgan fingerprint density at radius 2 is 1.08 bits per heavy atom. The zero-order chi connectivity index (χ0) is 57.0. The van der Waals surface area contributed by atoms with Crippen LogP contribution in [-0.4, -0.2) is 146 Å². The molecule has 76 heavy (non-hydrogen) atoms. The Morgan fingerprint density at radius 1 is 0.592 bits per heavy atom. The van der Waals surface area contributed by atoms with E-state index in [1.165, 1.54) is 18.2 Å². The number of sulfonamides is 2. The van der Waals surface area contributed by atoms with Crippen LogP contribution in [0.15, 0.2) is 92.0 Å². The highest BCUT2D eigenvalue weighted by Gasteiger charge is 2.47. The van der Waals surface area contributed by atoms with Crippen molar-refractivity contribution in [1.29, 1.82) is 0 Å². The average molecular weight is 1200 g/mol. The normalized spacial score (nSPS) is 16.9. The Morgan fingerprint density at radius 3 is 1.55 bits per heavy atom. The maximum atomic E-state index is 13.6. The first-order valence-electron chi connectivity index (χ1n) is 22.7. The van der Waals surface area contributed by atoms with Crippen molar-refractivity contribution in [3.8, 4) is 0 Å². The first-order chi connectivity index (χ1) is 34.7. The predicted molar refractivity (Wildman–Crippen MR) is 278 cm³/mol. The predicted octanol–water partition coefficient (Wildman–Crippen LogP) is 3.36. The largest absolute Gasteiger partial charge is 0.481 e. The highest BCUT2D eigenvalue weighted by atomic mass is 32.2. The molecule has 0 radical (unpaired) electrons. The third-order valence-electron chi connectivity index (χ3n) is 12.8. The lowest BCUT2D eigenvalue weighted by atomic mass is 9.78. The van der Waals surface area contributed by atoms with Gasteiger partial charge in [0.05, 0.1) is 32.5 Å². The van der Waals surface area contributed by atoms with Gasteiger partial charge < -0.3 is 10.0 Å². The van der Waals surface area contributed by atoms with Crippen molar-refractivity contribution in [3.05, 3.63) is 83.6 Å². The molecule has 6 rings (SSSR count). The maximum Gasteiger partial charge on any atom is 0.303 e. The van der Waals surface area contributed by atoms with Crippen LogP contribution in [0.4, 0.5) is 11.4 Å². The van der Waals surface area contributed by atoms with Crippen molar-refractivity contribution in [1.82, 2.24) is 9.44 Å². The smallest absolute Gasteiger partial charge is 0.303 e. The molecule has 0 saturated carbocycles. The van der Waals surface area contributed by atoms with E-state index in [0.717, 1.165) is 12.1 Å². The quantitative estimate of drug-likeness (QED) is 0.0283. The number of nitrogens with one attached hydrogen (secondary N) is 2. The number of carboxylic acid groups (broad SMARTS) is 1. The minimum atomic E-state index is -5.19. The Labute approximate surface area is 440 Å². The van der Waals surface area contributed by atoms with Crippen LogP contribution in [0.3, 0.4) is 0 Å². The summed E-state index contributed by atoms with van der Waals surface area (Å²) in [5.74, 6) is -3.79. The number of allylic oxidation sites excluding steroid dienone is 4. The third kappa shape index (κ3) is 13.5. The van der Waals surface area contributed by atoms with E-state index in [0.29, 0.717) is 59.7 Å². The van der Waals surface area contributed by atoms with E-state index in [-0.39, 0.29) is 53.0 Å². The zero-order valence-electron chi connectivity index (χ0n) is 40.9. The molecule has 0 aliphatic carbocycles. The topological polar surface area (TPSA) is 408 Å². The number of unbranched alkanes of at least 4 members (excludes halogenated alkanes) is 2. The van der Waals surface area contributed by atoms with Gasteiger partial charge in [0.25, 0.3) is 50.6 Å². The molecule has 25 nitrogen and oxygen atoms in total. The molecule has 0 fully saturated rings. The van der Waals surface area contributed by atoms with Gasteiger partial charge in [0.2, 0.25) is 25.7 Å². The van der Waals surface area contributed by atoms with E-state index in [1.807, 2.05) is 14.3 Å². The molecule has 2 heterocycles. The number of anilines is 1. The Kier molecular flexibility index (Phi) is 17.0. The van der Waals surface area contributed by atoms with Crippen LogP contribution in [0.2, 0.25) is 0 Å². The summed E-state index contributed by atoms with van der Waals surface area (Å²) in [6.07, 6.45) is 5.72. The monoisotopic (exact) mass is 1200 g/mol. The van der Waals surface area contributed by atoms with Crippen LogP contribution in [0.5, 0.6) is 0 Å². The van der Waals surface area contributed by atoms with Crippen LogP contribution < -0.4 is 14.3 Å². The van der Waals surface area contributed by atoms with Gasteiger partial charge in [-0.3, -0.25) is 27.6 Å². The second kappa shape index (κ2) is 21.4. The van der Waals surface area contributed by atoms with E-state index in [1.54, 1.807) is 56.6 Å². The first kappa shape index (κ1) is 60.4. The van der Waals surface area contributed by atoms with Gasteiger partial charge in [-0.05, 0) is 85.5 Å². The number of benzene rings is 4. The number of nitrogens with zero attached hydrogens (tertiary/aromatic N) is 2. The molecule has 418 valence electrons. The summed E-state index contributed by atoms with van der Waals surface area (Å²) < 4.78 is 230. The van der Waals surface area contributed by atoms with E-state index >= 15 is 0 Å². The highest BCUT2D eigenvalue weighted by Crippen LogP contribution is 2.52. The fraction of sp³-hybridized carbons (Fsp3) is 0.409. The van der Waals surface area contributed by atoms with E-state index < -0.39 is 137 Å². The van der Waals surface area contributed by atoms with Crippen LogP contribution in [0, 0.1) is 0 Å². The van der Waals surface area contributed by atoms with E-state index in [2.05, 4.69) is 0 Å². The van der Waals surface area contributed by atoms with Crippen LogP contribution >= 0.6 is 0 Å². The zero-order valence-corrected chi connectivity index (χ0v) is 46.6. The summed E-state index contributed by atoms with van der Waals surface area (Å²) in [5, 5.41) is 9.05. The van der Waals surface area contributed by atoms with Crippen molar-refractivity contribution in [2.45, 2.75) is 90.2 Å². The van der Waals surface area contributed by atoms with Crippen LogP contribution in [0.1, 0.15) is 70.9 Å². The molecule has 32 heteroatoms. The number of carboxylic acids is 1. The molecule has 2 aliphatic rings. The van der Waals surface area contributed by atoms with Gasteiger partial charge in [-0.1, -0.05) is 32.4 Å². The minimum absolute atomic E-state index is 0.0260. The summed E-state index contributed by atoms with van der Waals surface area (Å²) in [6.45, 7) is 5.30. The lowest BCUT2D eigenvalue weighted by Gasteiger charge is -2.27. The number of aliphatic carboxylic acids is 1. The average Bonchev–Trinajstić information content (AvgIpc) is 3.61. The molecular formula is C44H55N4O21S7+. The van der Waals surface area contributed by atoms with Crippen molar-refractivity contribution < 1.29 is 96.2 Å². The first-order valence-corrected chi connectivity index (χ1v) is 33.4. The fourth-order valence-corrected chi connectivity index (χ4v) is 14.9. The minimum Gasteiger partial charge on any atom is -0.481 e. The molecule has 0 amide bonds. The SMILES string of the molecule is CC1(C)C(=CC=CC2=[N+](CCCS(=O)(=O)O)c3ccc4c(S(=O)(=O)O)cc(S(=O)(=O)NCCS(=O)(=O)O)cc4c3C2(C)C)N(CCCCCC(=O)O)c2ccc3c(S(=O)(=O)O)cc(S(=O)(=O)NCCS(=O)(=O)O)cc3c21. The second-order valence-corrected chi connectivity index (χ2v) is 30.0. The Bertz CT molecular complexity index is 3980. The third-order valence-corrected chi connectivity index (χ3v) is 19.7.